The van der Waals surface area contributed by atoms with E-state index >= 15 is 0 Å². The average molecular weight is 1110 g/mol. The Labute approximate surface area is 468 Å². The van der Waals surface area contributed by atoms with Crippen molar-refractivity contribution >= 4 is 48.0 Å². The van der Waals surface area contributed by atoms with Gasteiger partial charge in [-0.3, -0.25) is 28.8 Å². The summed E-state index contributed by atoms with van der Waals surface area (Å²) >= 11 is 0. The second-order valence-corrected chi connectivity index (χ2v) is 26.8. The van der Waals surface area contributed by atoms with Crippen molar-refractivity contribution in [3.63, 3.8) is 0 Å². The number of hydrogen-bond acceptors (Lipinski definition) is 16. The maximum absolute atomic E-state index is 13.4. The van der Waals surface area contributed by atoms with E-state index in [-0.39, 0.29) is 160 Å². The molecule has 0 aromatic carbocycles. The number of hydrogen-bond donors (Lipinski definition) is 2. The first-order valence-corrected chi connectivity index (χ1v) is 30.0. The fourth-order valence-electron chi connectivity index (χ4n) is 19.6. The van der Waals surface area contributed by atoms with Gasteiger partial charge in [0.15, 0.2) is 0 Å². The molecule has 8 rings (SSSR count). The van der Waals surface area contributed by atoms with E-state index in [2.05, 4.69) is 52.2 Å². The summed E-state index contributed by atoms with van der Waals surface area (Å²) in [6.07, 6.45) is 8.46. The van der Waals surface area contributed by atoms with Gasteiger partial charge in [0.25, 0.3) is 0 Å². The predicted octanol–water partition coefficient (Wildman–Crippen LogP) is 9.80. The van der Waals surface area contributed by atoms with Gasteiger partial charge in [-0.15, -0.1) is 0 Å². The number of carbonyl (C=O) groups excluding carboxylic acids is 8. The van der Waals surface area contributed by atoms with Crippen LogP contribution in [-0.2, 0) is 66.7 Å². The van der Waals surface area contributed by atoms with Crippen LogP contribution in [0.4, 0.5) is 9.59 Å². The molecule has 0 unspecified atom stereocenters. The maximum atomic E-state index is 13.4. The second kappa shape index (κ2) is 24.1. The van der Waals surface area contributed by atoms with Gasteiger partial charge in [0, 0.05) is 63.2 Å². The molecule has 18 nitrogen and oxygen atoms in total. The number of fused-ring (bicyclic) bond motifs is 10. The number of alkyl carbamates (subject to hydrolysis) is 2. The van der Waals surface area contributed by atoms with Crippen LogP contribution in [0.3, 0.4) is 0 Å². The molecule has 8 aliphatic rings. The molecular weight excluding hydrogens is 1020 g/mol. The Morgan fingerprint density at radius 3 is 1.18 bits per heavy atom. The molecule has 0 spiro atoms. The van der Waals surface area contributed by atoms with E-state index in [9.17, 15) is 38.4 Å². The van der Waals surface area contributed by atoms with Crippen LogP contribution < -0.4 is 10.6 Å². The van der Waals surface area contributed by atoms with Gasteiger partial charge in [0.2, 0.25) is 0 Å². The van der Waals surface area contributed by atoms with E-state index in [0.29, 0.717) is 77.0 Å². The number of amides is 2. The van der Waals surface area contributed by atoms with Gasteiger partial charge in [-0.25, -0.2) is 9.59 Å². The molecule has 0 aromatic rings. The zero-order valence-electron chi connectivity index (χ0n) is 49.4. The van der Waals surface area contributed by atoms with Crippen molar-refractivity contribution in [2.45, 2.75) is 221 Å². The quantitative estimate of drug-likeness (QED) is 0.0831. The van der Waals surface area contributed by atoms with Gasteiger partial charge in [-0.1, -0.05) is 41.5 Å². The molecule has 22 atom stereocenters. The van der Waals surface area contributed by atoms with E-state index in [1.165, 1.54) is 41.9 Å². The van der Waals surface area contributed by atoms with Crippen LogP contribution in [0.5, 0.6) is 0 Å². The number of ether oxygens (including phenoxy) is 8. The number of methoxy groups -OCH3 is 2. The van der Waals surface area contributed by atoms with E-state index in [1.54, 1.807) is 0 Å². The van der Waals surface area contributed by atoms with Crippen molar-refractivity contribution in [1.82, 2.24) is 10.6 Å². The van der Waals surface area contributed by atoms with Gasteiger partial charge in [0.1, 0.15) is 36.6 Å². The highest BCUT2D eigenvalue weighted by atomic mass is 16.6. The lowest BCUT2D eigenvalue weighted by Crippen LogP contribution is -2.63. The highest BCUT2D eigenvalue weighted by Gasteiger charge is 2.70. The summed E-state index contributed by atoms with van der Waals surface area (Å²) < 4.78 is 47.2. The monoisotopic (exact) mass is 1110 g/mol. The molecule has 8 fully saturated rings. The Morgan fingerprint density at radius 1 is 0.468 bits per heavy atom. The number of esters is 6. The minimum atomic E-state index is -0.664. The van der Waals surface area contributed by atoms with Crippen molar-refractivity contribution in [3.8, 4) is 0 Å². The lowest BCUT2D eigenvalue weighted by molar-refractivity contribution is -0.224. The second-order valence-electron chi connectivity index (χ2n) is 26.8. The zero-order chi connectivity index (χ0) is 57.5. The van der Waals surface area contributed by atoms with Crippen molar-refractivity contribution in [2.24, 2.45) is 92.7 Å². The Hall–Kier alpha value is -4.64. The summed E-state index contributed by atoms with van der Waals surface area (Å²) in [5.41, 5.74) is -1.18. The molecule has 0 heterocycles. The standard InChI is InChI=1S/C61H94N2O16/c1-32(13-19-52(68)72-11)42-15-17-44-54-46(29-50(60(42,44)9)76-36(5)66)58(7)23-21-40(25-38(58)27-48(54)74-34(3)64)78-56(70)62-31-63-57(71)79-41-22-24-59(8)39(26-41)28-49(75-35(4)65)55-45-18-16-43(33(2)14-20-53(69)73-12)61(45,10)51(30-47(55)59)77-37(6)67/h32-33,38-51,54-55H,13-31H2,1-12H3,(H,62,70)(H,63,71)/t32-,33-,38+,39+,40-,41-,42-,43-,44+,45+,46+,47+,48-,49-,50+,51+,54+,55+,58+,59+,60-,61-/m1/s1. The summed E-state index contributed by atoms with van der Waals surface area (Å²) in [6.45, 7) is 19.1. The van der Waals surface area contributed by atoms with Crippen LogP contribution in [0, 0.1) is 92.7 Å². The van der Waals surface area contributed by atoms with Gasteiger partial charge in [-0.2, -0.15) is 0 Å². The minimum Gasteiger partial charge on any atom is -0.469 e. The zero-order valence-corrected chi connectivity index (χ0v) is 49.4. The van der Waals surface area contributed by atoms with Crippen LogP contribution in [-0.4, -0.2) is 106 Å². The fourth-order valence-corrected chi connectivity index (χ4v) is 19.6. The SMILES string of the molecule is COC(=O)CC[C@@H](C)[C@H]1CC[C@H]2[C@@H]3[C@H](OC(C)=O)C[C@@H]4C[C@H](OC(=O)NCNC(=O)O[C@@H]5CC[C@@]6(C)[C@@H](C5)C[C@@H](OC(C)=O)[C@@H]5[C@@H]6C[C@H](OC(C)=O)[C@]6(C)[C@@H]([C@H](C)CCC(=O)OC)CC[C@@H]56)CC[C@]4(C)[C@H]3C[C@H](OC(C)=O)[C@]12C. The Morgan fingerprint density at radius 2 is 0.835 bits per heavy atom. The lowest BCUT2D eigenvalue weighted by Gasteiger charge is -2.64. The highest BCUT2D eigenvalue weighted by molar-refractivity contribution is 5.71. The molecule has 0 saturated heterocycles. The lowest BCUT2D eigenvalue weighted by atomic mass is 9.43. The smallest absolute Gasteiger partial charge is 0.408 e. The van der Waals surface area contributed by atoms with Gasteiger partial charge < -0.3 is 48.5 Å². The first-order valence-electron chi connectivity index (χ1n) is 30.0. The summed E-state index contributed by atoms with van der Waals surface area (Å²) in [6, 6.07) is 0. The Balaban J connectivity index is 0.867. The third-order valence-corrected chi connectivity index (χ3v) is 23.2. The molecule has 0 radical (unpaired) electrons. The van der Waals surface area contributed by atoms with Gasteiger partial charge >= 0.3 is 48.0 Å². The molecule has 8 saturated carbocycles. The summed E-state index contributed by atoms with van der Waals surface area (Å²) in [5, 5.41) is 5.39. The summed E-state index contributed by atoms with van der Waals surface area (Å²) in [5.74, 6) is -0.452. The molecule has 0 aromatic heterocycles. The molecule has 0 bridgehead atoms. The third-order valence-electron chi connectivity index (χ3n) is 23.2. The molecule has 0 aliphatic heterocycles. The van der Waals surface area contributed by atoms with Gasteiger partial charge in [0.05, 0.1) is 20.9 Å². The van der Waals surface area contributed by atoms with E-state index in [0.717, 1.165) is 38.5 Å². The molecule has 8 aliphatic carbocycles. The fraction of sp³-hybridized carbons (Fsp3) is 0.869. The third kappa shape index (κ3) is 11.9. The predicted molar refractivity (Wildman–Crippen MR) is 287 cm³/mol. The summed E-state index contributed by atoms with van der Waals surface area (Å²) in [4.78, 5) is 103. The van der Waals surface area contributed by atoms with Crippen LogP contribution in [0.2, 0.25) is 0 Å². The first-order chi connectivity index (χ1) is 37.3. The van der Waals surface area contributed by atoms with Crippen LogP contribution in [0.15, 0.2) is 0 Å². The number of rotatable bonds is 16. The topological polar surface area (TPSA) is 234 Å². The van der Waals surface area contributed by atoms with Crippen LogP contribution in [0.1, 0.15) is 185 Å². The minimum absolute atomic E-state index is 0.0504. The summed E-state index contributed by atoms with van der Waals surface area (Å²) in [7, 11) is 2.81. The normalized spacial score (nSPS) is 41.5. The van der Waals surface area contributed by atoms with Crippen molar-refractivity contribution in [2.75, 3.05) is 20.9 Å². The Kier molecular flexibility index (Phi) is 18.4. The number of carbonyl (C=O) groups is 8. The van der Waals surface area contributed by atoms with Crippen molar-refractivity contribution < 1.29 is 76.3 Å². The maximum Gasteiger partial charge on any atom is 0.408 e. The molecule has 2 amide bonds. The Bertz CT molecular complexity index is 2140. The molecule has 18 heteroatoms. The first kappa shape index (κ1) is 60.5. The van der Waals surface area contributed by atoms with Crippen LogP contribution >= 0.6 is 0 Å². The molecule has 79 heavy (non-hydrogen) atoms. The molecular formula is C61H94N2O16. The molecule has 2 N–H and O–H groups in total. The van der Waals surface area contributed by atoms with Crippen molar-refractivity contribution in [3.05, 3.63) is 0 Å². The van der Waals surface area contributed by atoms with E-state index < -0.39 is 24.4 Å². The van der Waals surface area contributed by atoms with E-state index in [1.807, 2.05) is 0 Å². The largest absolute Gasteiger partial charge is 0.469 e. The van der Waals surface area contributed by atoms with Gasteiger partial charge in [-0.05, 0) is 173 Å². The molecule has 444 valence electrons. The average Bonchev–Trinajstić information content (AvgIpc) is 3.24. The van der Waals surface area contributed by atoms with E-state index in [4.69, 9.17) is 37.9 Å². The highest BCUT2D eigenvalue weighted by Crippen LogP contribution is 2.71. The van der Waals surface area contributed by atoms with Crippen LogP contribution in [0.25, 0.3) is 0 Å². The number of nitrogens with one attached hydrogen (secondary N) is 2. The van der Waals surface area contributed by atoms with Crippen molar-refractivity contribution in [1.29, 1.82) is 0 Å².